The molecule has 1 amide bonds. The molecule has 0 saturated carbocycles. The molecule has 0 N–H and O–H groups in total. The molecule has 0 aromatic carbocycles. The van der Waals surface area contributed by atoms with Crippen molar-refractivity contribution in [2.45, 2.75) is 38.6 Å². The summed E-state index contributed by atoms with van der Waals surface area (Å²) in [5, 5.41) is 6.02. The van der Waals surface area contributed by atoms with Crippen LogP contribution in [-0.4, -0.2) is 27.5 Å². The lowest BCUT2D eigenvalue weighted by Gasteiger charge is -2.21. The Labute approximate surface area is 121 Å². The number of hydrogen-bond acceptors (Lipinski definition) is 5. The maximum Gasteiger partial charge on any atom is 0.228 e. The molecular weight excluding hydrogens is 274 g/mol. The van der Waals surface area contributed by atoms with E-state index in [1.165, 1.54) is 0 Å². The average molecular weight is 291 g/mol. The van der Waals surface area contributed by atoms with Gasteiger partial charge in [-0.2, -0.15) is 4.98 Å². The van der Waals surface area contributed by atoms with Crippen LogP contribution in [-0.2, 0) is 17.6 Å². The smallest absolute Gasteiger partial charge is 0.228 e. The van der Waals surface area contributed by atoms with Gasteiger partial charge in [0.25, 0.3) is 0 Å². The second kappa shape index (κ2) is 5.75. The van der Waals surface area contributed by atoms with Crippen LogP contribution in [0.2, 0.25) is 0 Å². The number of likely N-dealkylation sites (tertiary alicyclic amines) is 1. The minimum Gasteiger partial charge on any atom is -0.339 e. The van der Waals surface area contributed by atoms with Crippen LogP contribution in [0.15, 0.2) is 22.0 Å². The van der Waals surface area contributed by atoms with E-state index in [0.717, 1.165) is 30.7 Å². The second-order valence-corrected chi connectivity index (χ2v) is 5.93. The largest absolute Gasteiger partial charge is 0.339 e. The molecule has 1 aliphatic rings. The molecule has 5 nitrogen and oxygen atoms in total. The standard InChI is InChI=1S/C14H17N3O2S/c1-2-12-15-14(16-19-12)11-6-3-7-17(11)13(18)9-10-5-4-8-20-10/h4-5,8,11H,2-3,6-7,9H2,1H3. The van der Waals surface area contributed by atoms with Crippen molar-refractivity contribution < 1.29 is 9.32 Å². The van der Waals surface area contributed by atoms with Gasteiger partial charge in [-0.25, -0.2) is 0 Å². The summed E-state index contributed by atoms with van der Waals surface area (Å²) in [6, 6.07) is 3.95. The number of rotatable bonds is 4. The predicted octanol–water partition coefficient (Wildman–Crippen LogP) is 2.60. The Kier molecular flexibility index (Phi) is 3.82. The normalized spacial score (nSPS) is 18.6. The Morgan fingerprint density at radius 2 is 2.50 bits per heavy atom. The lowest BCUT2D eigenvalue weighted by molar-refractivity contribution is -0.131. The molecule has 1 fully saturated rings. The van der Waals surface area contributed by atoms with Crippen LogP contribution in [0.1, 0.15) is 42.4 Å². The van der Waals surface area contributed by atoms with Crippen molar-refractivity contribution in [3.05, 3.63) is 34.1 Å². The summed E-state index contributed by atoms with van der Waals surface area (Å²) < 4.78 is 5.16. The van der Waals surface area contributed by atoms with Gasteiger partial charge in [0.15, 0.2) is 5.82 Å². The van der Waals surface area contributed by atoms with Gasteiger partial charge in [0.2, 0.25) is 11.8 Å². The van der Waals surface area contributed by atoms with E-state index >= 15 is 0 Å². The third kappa shape index (κ3) is 2.60. The van der Waals surface area contributed by atoms with E-state index in [-0.39, 0.29) is 11.9 Å². The molecule has 0 aliphatic carbocycles. The van der Waals surface area contributed by atoms with Crippen LogP contribution in [0, 0.1) is 0 Å². The van der Waals surface area contributed by atoms with Gasteiger partial charge in [-0.05, 0) is 24.3 Å². The highest BCUT2D eigenvalue weighted by Gasteiger charge is 2.33. The van der Waals surface area contributed by atoms with Crippen LogP contribution in [0.3, 0.4) is 0 Å². The molecule has 2 aromatic rings. The van der Waals surface area contributed by atoms with Crippen LogP contribution in [0.5, 0.6) is 0 Å². The minimum atomic E-state index is -0.0217. The van der Waals surface area contributed by atoms with Crippen molar-refractivity contribution in [3.8, 4) is 0 Å². The fourth-order valence-corrected chi connectivity index (χ4v) is 3.24. The fraction of sp³-hybridized carbons (Fsp3) is 0.500. The van der Waals surface area contributed by atoms with Crippen LogP contribution >= 0.6 is 11.3 Å². The van der Waals surface area contributed by atoms with Gasteiger partial charge in [0, 0.05) is 17.8 Å². The Bertz CT molecular complexity index is 579. The van der Waals surface area contributed by atoms with Crippen molar-refractivity contribution >= 4 is 17.2 Å². The molecule has 3 heterocycles. The molecule has 6 heteroatoms. The highest BCUT2D eigenvalue weighted by atomic mass is 32.1. The number of thiophene rings is 1. The SMILES string of the molecule is CCc1nc(C2CCCN2C(=O)Cc2cccs2)no1. The molecule has 1 atom stereocenters. The molecule has 0 bridgehead atoms. The number of hydrogen-bond donors (Lipinski definition) is 0. The van der Waals surface area contributed by atoms with Gasteiger partial charge >= 0.3 is 0 Å². The Morgan fingerprint density at radius 3 is 3.20 bits per heavy atom. The quantitative estimate of drug-likeness (QED) is 0.868. The maximum absolute atomic E-state index is 12.4. The molecule has 1 unspecified atom stereocenters. The molecule has 1 saturated heterocycles. The summed E-state index contributed by atoms with van der Waals surface area (Å²) in [5.74, 6) is 1.44. The number of carbonyl (C=O) groups is 1. The zero-order valence-corrected chi connectivity index (χ0v) is 12.2. The van der Waals surface area contributed by atoms with Crippen molar-refractivity contribution in [2.24, 2.45) is 0 Å². The molecule has 0 spiro atoms. The van der Waals surface area contributed by atoms with Gasteiger partial charge in [-0.1, -0.05) is 18.1 Å². The molecule has 1 aliphatic heterocycles. The van der Waals surface area contributed by atoms with E-state index in [1.807, 2.05) is 29.3 Å². The number of nitrogens with zero attached hydrogens (tertiary/aromatic N) is 3. The highest BCUT2D eigenvalue weighted by Crippen LogP contribution is 2.31. The monoisotopic (exact) mass is 291 g/mol. The summed E-state index contributed by atoms with van der Waals surface area (Å²) in [7, 11) is 0. The number of carbonyl (C=O) groups excluding carboxylic acids is 1. The zero-order valence-electron chi connectivity index (χ0n) is 11.4. The first kappa shape index (κ1) is 13.3. The lowest BCUT2D eigenvalue weighted by Crippen LogP contribution is -2.32. The Morgan fingerprint density at radius 1 is 1.60 bits per heavy atom. The molecule has 3 rings (SSSR count). The van der Waals surface area contributed by atoms with Gasteiger partial charge in [0.05, 0.1) is 12.5 Å². The summed E-state index contributed by atoms with van der Waals surface area (Å²) in [5.41, 5.74) is 0. The topological polar surface area (TPSA) is 59.2 Å². The average Bonchev–Trinajstić information content (AvgIpc) is 3.19. The summed E-state index contributed by atoms with van der Waals surface area (Å²) >= 11 is 1.62. The van der Waals surface area contributed by atoms with E-state index < -0.39 is 0 Å². The van der Waals surface area contributed by atoms with E-state index in [9.17, 15) is 4.79 Å². The van der Waals surface area contributed by atoms with Gasteiger partial charge in [-0.3, -0.25) is 4.79 Å². The minimum absolute atomic E-state index is 0.0217. The fourth-order valence-electron chi connectivity index (χ4n) is 2.54. The van der Waals surface area contributed by atoms with Crippen molar-refractivity contribution in [1.82, 2.24) is 15.0 Å². The van der Waals surface area contributed by atoms with Crippen LogP contribution in [0.4, 0.5) is 0 Å². The predicted molar refractivity (Wildman–Crippen MR) is 75.4 cm³/mol. The highest BCUT2D eigenvalue weighted by molar-refractivity contribution is 7.10. The van der Waals surface area contributed by atoms with Gasteiger partial charge < -0.3 is 9.42 Å². The third-order valence-electron chi connectivity index (χ3n) is 3.56. The van der Waals surface area contributed by atoms with Gasteiger partial charge in [-0.15, -0.1) is 11.3 Å². The number of aromatic nitrogens is 2. The Hall–Kier alpha value is -1.69. The molecule has 2 aromatic heterocycles. The molecule has 0 radical (unpaired) electrons. The first-order valence-corrected chi connectivity index (χ1v) is 7.80. The summed E-state index contributed by atoms with van der Waals surface area (Å²) in [6.45, 7) is 2.76. The molecular formula is C14H17N3O2S. The summed E-state index contributed by atoms with van der Waals surface area (Å²) in [4.78, 5) is 19.8. The lowest BCUT2D eigenvalue weighted by atomic mass is 10.2. The second-order valence-electron chi connectivity index (χ2n) is 4.90. The van der Waals surface area contributed by atoms with E-state index in [2.05, 4.69) is 10.1 Å². The molecule has 106 valence electrons. The van der Waals surface area contributed by atoms with Gasteiger partial charge in [0.1, 0.15) is 0 Å². The number of aryl methyl sites for hydroxylation is 1. The molecule has 20 heavy (non-hydrogen) atoms. The van der Waals surface area contributed by atoms with E-state index in [0.29, 0.717) is 18.1 Å². The maximum atomic E-state index is 12.4. The number of amides is 1. The van der Waals surface area contributed by atoms with Crippen molar-refractivity contribution in [3.63, 3.8) is 0 Å². The van der Waals surface area contributed by atoms with Crippen molar-refractivity contribution in [2.75, 3.05) is 6.54 Å². The summed E-state index contributed by atoms with van der Waals surface area (Å²) in [6.07, 6.45) is 3.10. The van der Waals surface area contributed by atoms with Crippen LogP contribution < -0.4 is 0 Å². The third-order valence-corrected chi connectivity index (χ3v) is 4.44. The Balaban J connectivity index is 1.73. The first-order valence-electron chi connectivity index (χ1n) is 6.92. The zero-order chi connectivity index (χ0) is 13.9. The van der Waals surface area contributed by atoms with Crippen LogP contribution in [0.25, 0.3) is 0 Å². The first-order chi connectivity index (χ1) is 9.78. The van der Waals surface area contributed by atoms with E-state index in [1.54, 1.807) is 11.3 Å². The van der Waals surface area contributed by atoms with E-state index in [4.69, 9.17) is 4.52 Å². The van der Waals surface area contributed by atoms with Crippen molar-refractivity contribution in [1.29, 1.82) is 0 Å².